The summed E-state index contributed by atoms with van der Waals surface area (Å²) >= 11 is 7.43. The van der Waals surface area contributed by atoms with Crippen LogP contribution >= 0.6 is 34.8 Å². The van der Waals surface area contributed by atoms with Crippen LogP contribution in [0, 0.1) is 3.57 Å². The predicted octanol–water partition coefficient (Wildman–Crippen LogP) is 4.46. The van der Waals surface area contributed by atoms with E-state index in [0.717, 1.165) is 9.13 Å². The molecule has 0 radical (unpaired) electrons. The number of hydrazone groups is 1. The van der Waals surface area contributed by atoms with E-state index in [4.69, 9.17) is 36.3 Å². The number of carboxylic acids is 1. The quantitative estimate of drug-likeness (QED) is 0.0642. The number of para-hydroxylation sites is 1. The first-order chi connectivity index (χ1) is 22.1. The Morgan fingerprint density at radius 1 is 1.09 bits per heavy atom. The maximum atomic E-state index is 12.8. The number of aromatic carboxylic acids is 1. The normalized spacial score (nSPS) is 14.3. The highest BCUT2D eigenvalue weighted by atomic mass is 127. The Hall–Kier alpha value is -4.70. The van der Waals surface area contributed by atoms with Crippen molar-refractivity contribution < 1.29 is 38.4 Å². The van der Waals surface area contributed by atoms with Gasteiger partial charge in [-0.1, -0.05) is 30.3 Å². The van der Waals surface area contributed by atoms with E-state index in [9.17, 15) is 14.4 Å². The number of methoxy groups -OCH3 is 1. The lowest BCUT2D eigenvalue weighted by atomic mass is 9.95. The fourth-order valence-electron chi connectivity index (χ4n) is 4.46. The minimum Gasteiger partial charge on any atom is -0.493 e. The molecule has 0 saturated heterocycles. The second kappa shape index (κ2) is 16.0. The van der Waals surface area contributed by atoms with Gasteiger partial charge in [-0.3, -0.25) is 4.79 Å². The third kappa shape index (κ3) is 8.72. The molecular formula is C32H31IN4O8S. The molecule has 4 rings (SSSR count). The number of allylic oxidation sites excluding steroid dienone is 1. The summed E-state index contributed by atoms with van der Waals surface area (Å²) in [5.41, 5.74) is 5.61. The molecule has 0 spiro atoms. The predicted molar refractivity (Wildman–Crippen MR) is 182 cm³/mol. The number of rotatable bonds is 13. The number of halogens is 1. The van der Waals surface area contributed by atoms with Gasteiger partial charge in [-0.2, -0.15) is 5.10 Å². The van der Waals surface area contributed by atoms with Crippen molar-refractivity contribution >= 4 is 64.0 Å². The van der Waals surface area contributed by atoms with Gasteiger partial charge in [0.2, 0.25) is 0 Å². The van der Waals surface area contributed by atoms with E-state index in [2.05, 4.69) is 43.8 Å². The molecule has 1 aliphatic rings. The van der Waals surface area contributed by atoms with Crippen molar-refractivity contribution in [1.29, 1.82) is 0 Å². The molecule has 0 unspecified atom stereocenters. The van der Waals surface area contributed by atoms with E-state index in [0.29, 0.717) is 44.8 Å². The highest BCUT2D eigenvalue weighted by Gasteiger charge is 2.32. The number of carbonyl (C=O) groups is 3. The molecule has 0 bridgehead atoms. The monoisotopic (exact) mass is 758 g/mol. The van der Waals surface area contributed by atoms with Crippen LogP contribution in [0.1, 0.15) is 46.9 Å². The second-order valence-corrected chi connectivity index (χ2v) is 11.3. The van der Waals surface area contributed by atoms with E-state index in [1.807, 2.05) is 0 Å². The summed E-state index contributed by atoms with van der Waals surface area (Å²) in [7, 11) is 1.51. The number of nitrogens with zero attached hydrogens (tertiary/aromatic N) is 1. The summed E-state index contributed by atoms with van der Waals surface area (Å²) in [6.07, 6.45) is 1.46. The Kier molecular flexibility index (Phi) is 11.9. The number of carbonyl (C=O) groups excluding carboxylic acids is 2. The minimum absolute atomic E-state index is 0.194. The molecule has 1 amide bonds. The zero-order valence-corrected chi connectivity index (χ0v) is 28.1. The summed E-state index contributed by atoms with van der Waals surface area (Å²) in [5.74, 6) is -0.645. The molecule has 14 heteroatoms. The lowest BCUT2D eigenvalue weighted by Gasteiger charge is -2.30. The van der Waals surface area contributed by atoms with Crippen LogP contribution in [-0.4, -0.2) is 54.6 Å². The highest BCUT2D eigenvalue weighted by Crippen LogP contribution is 2.35. The summed E-state index contributed by atoms with van der Waals surface area (Å²) < 4.78 is 23.3. The third-order valence-electron chi connectivity index (χ3n) is 6.59. The Morgan fingerprint density at radius 3 is 2.52 bits per heavy atom. The Bertz CT molecular complexity index is 1690. The molecule has 12 nitrogen and oxygen atoms in total. The largest absolute Gasteiger partial charge is 0.493 e. The van der Waals surface area contributed by atoms with Crippen LogP contribution in [0.25, 0.3) is 0 Å². The lowest BCUT2D eigenvalue weighted by molar-refractivity contribution is -0.139. The van der Waals surface area contributed by atoms with E-state index >= 15 is 0 Å². The summed E-state index contributed by atoms with van der Waals surface area (Å²) in [5, 5.41) is 19.5. The zero-order valence-electron chi connectivity index (χ0n) is 25.1. The van der Waals surface area contributed by atoms with Crippen molar-refractivity contribution in [2.45, 2.75) is 26.5 Å². The summed E-state index contributed by atoms with van der Waals surface area (Å²) in [6.45, 7) is 3.54. The topological polar surface area (TPSA) is 157 Å². The molecule has 0 aromatic heterocycles. The van der Waals surface area contributed by atoms with Crippen LogP contribution in [0.5, 0.6) is 17.2 Å². The van der Waals surface area contributed by atoms with Crippen LogP contribution in [0.2, 0.25) is 0 Å². The second-order valence-electron chi connectivity index (χ2n) is 9.74. The molecule has 3 aromatic rings. The molecule has 1 heterocycles. The van der Waals surface area contributed by atoms with E-state index in [1.165, 1.54) is 25.5 Å². The van der Waals surface area contributed by atoms with Crippen LogP contribution in [0.3, 0.4) is 0 Å². The molecule has 0 saturated carbocycles. The third-order valence-corrected chi connectivity index (χ3v) is 7.61. The van der Waals surface area contributed by atoms with Gasteiger partial charge >= 0.3 is 11.9 Å². The Labute approximate surface area is 284 Å². The zero-order chi connectivity index (χ0) is 33.2. The molecule has 240 valence electrons. The molecule has 46 heavy (non-hydrogen) atoms. The number of nitrogens with one attached hydrogen (secondary N) is 3. The molecule has 1 aliphatic heterocycles. The molecule has 3 aromatic carbocycles. The van der Waals surface area contributed by atoms with Gasteiger partial charge in [0.15, 0.2) is 23.2 Å². The van der Waals surface area contributed by atoms with Gasteiger partial charge in [-0.15, -0.1) is 0 Å². The van der Waals surface area contributed by atoms with E-state index in [-0.39, 0.29) is 25.4 Å². The smallest absolute Gasteiger partial charge is 0.338 e. The summed E-state index contributed by atoms with van der Waals surface area (Å²) in [6, 6.07) is 16.3. The van der Waals surface area contributed by atoms with Crippen LogP contribution in [0.15, 0.2) is 77.0 Å². The van der Waals surface area contributed by atoms with Gasteiger partial charge in [0, 0.05) is 11.3 Å². The van der Waals surface area contributed by atoms with Gasteiger partial charge in [0.25, 0.3) is 5.91 Å². The van der Waals surface area contributed by atoms with Crippen LogP contribution in [0.4, 0.5) is 0 Å². The number of esters is 1. The van der Waals surface area contributed by atoms with Crippen molar-refractivity contribution in [2.24, 2.45) is 5.10 Å². The number of benzene rings is 3. The van der Waals surface area contributed by atoms with Crippen molar-refractivity contribution in [2.75, 3.05) is 20.3 Å². The molecular weight excluding hydrogens is 727 g/mol. The van der Waals surface area contributed by atoms with E-state index < -0.39 is 23.9 Å². The molecule has 4 N–H and O–H groups in total. The van der Waals surface area contributed by atoms with Crippen molar-refractivity contribution in [1.82, 2.24) is 16.1 Å². The first-order valence-electron chi connectivity index (χ1n) is 13.9. The van der Waals surface area contributed by atoms with Crippen molar-refractivity contribution in [3.63, 3.8) is 0 Å². The fourth-order valence-corrected chi connectivity index (χ4v) is 5.52. The van der Waals surface area contributed by atoms with Gasteiger partial charge in [0.05, 0.1) is 40.7 Å². The number of hydrogen-bond donors (Lipinski definition) is 4. The number of amides is 1. The average molecular weight is 759 g/mol. The van der Waals surface area contributed by atoms with Gasteiger partial charge in [-0.05, 0) is 90.1 Å². The number of thiocarbonyl (C=S) groups is 1. The number of ether oxygens (including phenoxy) is 4. The first-order valence-corrected chi connectivity index (χ1v) is 15.4. The highest BCUT2D eigenvalue weighted by molar-refractivity contribution is 14.1. The van der Waals surface area contributed by atoms with Crippen LogP contribution in [-0.2, 0) is 20.9 Å². The maximum Gasteiger partial charge on any atom is 0.338 e. The first kappa shape index (κ1) is 34.2. The SMILES string of the molecule is CCOC(=O)C1=C(C)NC(=S)N[C@H]1c1ccccc1OCC(=O)NN=Cc1cc(I)c(OCc2ccc(C(=O)O)cc2)c(OC)c1. The number of hydrogen-bond acceptors (Lipinski definition) is 9. The molecule has 1 atom stereocenters. The fraction of sp³-hybridized carbons (Fsp3) is 0.219. The summed E-state index contributed by atoms with van der Waals surface area (Å²) in [4.78, 5) is 36.5. The number of carboxylic acid groups (broad SMARTS) is 1. The van der Waals surface area contributed by atoms with E-state index in [1.54, 1.807) is 62.4 Å². The Morgan fingerprint density at radius 2 is 1.83 bits per heavy atom. The minimum atomic E-state index is -0.996. The van der Waals surface area contributed by atoms with Crippen molar-refractivity contribution in [3.8, 4) is 17.2 Å². The maximum absolute atomic E-state index is 12.8. The van der Waals surface area contributed by atoms with Crippen molar-refractivity contribution in [3.05, 3.63) is 97.8 Å². The average Bonchev–Trinajstić information content (AvgIpc) is 3.03. The standard InChI is InChI=1S/C32H31IN4O8S/c1-4-43-31(41)27-18(2)35-32(46)36-28(27)22-7-5-6-8-24(22)44-17-26(38)37-34-15-20-13-23(33)29(25(14-20)42-3)45-16-19-9-11-21(12-10-19)30(39)40/h5-15,28H,4,16-17H2,1-3H3,(H,37,38)(H,39,40)(H2,35,36,46)/t28-/m0/s1. The van der Waals surface area contributed by atoms with Gasteiger partial charge in [0.1, 0.15) is 12.4 Å². The van der Waals surface area contributed by atoms with Crippen LogP contribution < -0.4 is 30.3 Å². The Balaban J connectivity index is 1.38. The van der Waals surface area contributed by atoms with Gasteiger partial charge in [-0.25, -0.2) is 15.0 Å². The molecule has 0 fully saturated rings. The van der Waals surface area contributed by atoms with Gasteiger partial charge < -0.3 is 34.7 Å². The molecule has 0 aliphatic carbocycles. The lowest BCUT2D eigenvalue weighted by Crippen LogP contribution is -2.45.